The fourth-order valence-electron chi connectivity index (χ4n) is 4.90. The van der Waals surface area contributed by atoms with Gasteiger partial charge < -0.3 is 9.84 Å². The highest BCUT2D eigenvalue weighted by molar-refractivity contribution is 5.88. The topological polar surface area (TPSA) is 49.8 Å². The second-order valence-corrected chi connectivity index (χ2v) is 7.58. The molecule has 4 rings (SSSR count). The zero-order chi connectivity index (χ0) is 20.4. The molecule has 2 aromatic carbocycles. The van der Waals surface area contributed by atoms with Crippen molar-refractivity contribution in [3.05, 3.63) is 71.8 Å². The molecule has 2 fully saturated rings. The van der Waals surface area contributed by atoms with E-state index >= 15 is 0 Å². The maximum absolute atomic E-state index is 14.3. The summed E-state index contributed by atoms with van der Waals surface area (Å²) in [5.41, 5.74) is -6.15. The van der Waals surface area contributed by atoms with Gasteiger partial charge in [-0.15, -0.1) is 0 Å². The van der Waals surface area contributed by atoms with Crippen LogP contribution in [0.1, 0.15) is 25.0 Å². The average molecular weight is 391 g/mol. The molecule has 1 N–H and O–H groups in total. The van der Waals surface area contributed by atoms with E-state index in [4.69, 9.17) is 4.74 Å². The number of alkyl halides is 3. The van der Waals surface area contributed by atoms with Crippen LogP contribution in [0.25, 0.3) is 0 Å². The lowest BCUT2D eigenvalue weighted by Crippen LogP contribution is -2.73. The molecule has 2 aliphatic rings. The van der Waals surface area contributed by atoms with Gasteiger partial charge in [0.15, 0.2) is 11.0 Å². The van der Waals surface area contributed by atoms with Gasteiger partial charge in [0.1, 0.15) is 0 Å². The van der Waals surface area contributed by atoms with E-state index in [2.05, 4.69) is 0 Å². The minimum absolute atomic E-state index is 0.182. The quantitative estimate of drug-likeness (QED) is 0.813. The molecule has 148 valence electrons. The van der Waals surface area contributed by atoms with Crippen LogP contribution in [0, 0.1) is 5.41 Å². The van der Waals surface area contributed by atoms with Crippen molar-refractivity contribution in [1.29, 1.82) is 0 Å². The van der Waals surface area contributed by atoms with E-state index < -0.39 is 34.9 Å². The lowest BCUT2D eigenvalue weighted by Gasteiger charge is -2.55. The number of aliphatic hydroxyl groups is 1. The molecule has 2 heterocycles. The van der Waals surface area contributed by atoms with Crippen LogP contribution in [-0.4, -0.2) is 33.9 Å². The molecule has 4 nitrogen and oxygen atoms in total. The maximum atomic E-state index is 14.3. The van der Waals surface area contributed by atoms with Crippen molar-refractivity contribution in [2.45, 2.75) is 43.9 Å². The summed E-state index contributed by atoms with van der Waals surface area (Å²) in [4.78, 5) is 13.5. The van der Waals surface area contributed by atoms with E-state index in [9.17, 15) is 23.1 Å². The minimum Gasteiger partial charge on any atom is -0.450 e. The van der Waals surface area contributed by atoms with Crippen LogP contribution in [0.15, 0.2) is 60.7 Å². The van der Waals surface area contributed by atoms with Crippen molar-refractivity contribution >= 4 is 5.97 Å². The van der Waals surface area contributed by atoms with Crippen LogP contribution in [0.4, 0.5) is 13.2 Å². The van der Waals surface area contributed by atoms with Crippen molar-refractivity contribution in [2.75, 3.05) is 0 Å². The lowest BCUT2D eigenvalue weighted by molar-refractivity contribution is -0.361. The SMILES string of the molecule is C[C@@H]1N(Cc2ccccc2)[C@@](O)(C(F)(F)F)[C@@]2(C)C(=O)O[C@@]12c1ccccc1. The van der Waals surface area contributed by atoms with E-state index in [1.54, 1.807) is 67.6 Å². The Morgan fingerprint density at radius 1 is 1.07 bits per heavy atom. The molecule has 0 amide bonds. The predicted octanol–water partition coefficient (Wildman–Crippen LogP) is 3.60. The van der Waals surface area contributed by atoms with Crippen LogP contribution < -0.4 is 0 Å². The molecule has 28 heavy (non-hydrogen) atoms. The zero-order valence-corrected chi connectivity index (χ0v) is 15.4. The number of nitrogens with zero attached hydrogens (tertiary/aromatic N) is 1. The Morgan fingerprint density at radius 2 is 1.61 bits per heavy atom. The van der Waals surface area contributed by atoms with Crippen LogP contribution in [0.3, 0.4) is 0 Å². The number of hydrogen-bond donors (Lipinski definition) is 1. The standard InChI is InChI=1S/C21H20F3NO3/c1-14-19(16-11-7-4-8-12-16)18(2,17(26)28-19)20(27,21(22,23)24)25(14)13-15-9-5-3-6-10-15/h3-12,14,27H,13H2,1-2H3/t14-,18-,19+,20-/m0/s1. The Labute approximate surface area is 160 Å². The minimum atomic E-state index is -5.07. The number of fused-ring (bicyclic) bond motifs is 1. The Hall–Kier alpha value is -2.38. The van der Waals surface area contributed by atoms with Crippen LogP contribution in [0.2, 0.25) is 0 Å². The first-order valence-corrected chi connectivity index (χ1v) is 8.99. The molecule has 4 atom stereocenters. The predicted molar refractivity (Wildman–Crippen MR) is 94.8 cm³/mol. The highest BCUT2D eigenvalue weighted by Crippen LogP contribution is 2.70. The van der Waals surface area contributed by atoms with Crippen molar-refractivity contribution in [3.63, 3.8) is 0 Å². The summed E-state index contributed by atoms with van der Waals surface area (Å²) in [6, 6.07) is 16.0. The Balaban J connectivity index is 1.93. The Morgan fingerprint density at radius 3 is 2.11 bits per heavy atom. The Kier molecular flexibility index (Phi) is 3.93. The lowest BCUT2D eigenvalue weighted by atomic mass is 9.60. The number of halogens is 3. The van der Waals surface area contributed by atoms with E-state index in [-0.39, 0.29) is 6.54 Å². The third-order valence-electron chi connectivity index (χ3n) is 6.37. The van der Waals surface area contributed by atoms with Gasteiger partial charge in [-0.1, -0.05) is 60.7 Å². The van der Waals surface area contributed by atoms with Gasteiger partial charge in [0.05, 0.1) is 6.04 Å². The van der Waals surface area contributed by atoms with Crippen molar-refractivity contribution in [3.8, 4) is 0 Å². The summed E-state index contributed by atoms with van der Waals surface area (Å²) in [5, 5.41) is 11.2. The van der Waals surface area contributed by atoms with Gasteiger partial charge >= 0.3 is 12.1 Å². The monoisotopic (exact) mass is 391 g/mol. The highest BCUT2D eigenvalue weighted by atomic mass is 19.4. The van der Waals surface area contributed by atoms with Gasteiger partial charge in [0.25, 0.3) is 0 Å². The van der Waals surface area contributed by atoms with Gasteiger partial charge in [-0.05, 0) is 25.0 Å². The molecule has 2 aliphatic heterocycles. The van der Waals surface area contributed by atoms with E-state index in [0.29, 0.717) is 11.1 Å². The number of rotatable bonds is 3. The normalized spacial score (nSPS) is 35.2. The van der Waals surface area contributed by atoms with Gasteiger partial charge in [-0.3, -0.25) is 9.69 Å². The molecule has 0 aliphatic carbocycles. The third kappa shape index (κ3) is 2.01. The van der Waals surface area contributed by atoms with Gasteiger partial charge in [-0.2, -0.15) is 13.2 Å². The number of esters is 1. The maximum Gasteiger partial charge on any atom is 0.432 e. The number of carbonyl (C=O) groups is 1. The molecule has 0 spiro atoms. The van der Waals surface area contributed by atoms with Crippen molar-refractivity contribution in [2.24, 2.45) is 5.41 Å². The molecular formula is C21H20F3NO3. The summed E-state index contributed by atoms with van der Waals surface area (Å²) in [6.45, 7) is 2.53. The largest absolute Gasteiger partial charge is 0.450 e. The van der Waals surface area contributed by atoms with Gasteiger partial charge in [-0.25, -0.2) is 0 Å². The Bertz CT molecular complexity index is 904. The highest BCUT2D eigenvalue weighted by Gasteiger charge is 2.90. The fourth-order valence-corrected chi connectivity index (χ4v) is 4.90. The first kappa shape index (κ1) is 19.0. The number of ether oxygens (including phenoxy) is 1. The summed E-state index contributed by atoms with van der Waals surface area (Å²) < 4.78 is 48.5. The third-order valence-corrected chi connectivity index (χ3v) is 6.37. The average Bonchev–Trinajstić information content (AvgIpc) is 2.79. The number of likely N-dealkylation sites (tertiary alicyclic amines) is 1. The van der Waals surface area contributed by atoms with Crippen LogP contribution in [-0.2, 0) is 21.7 Å². The second kappa shape index (κ2) is 5.81. The summed E-state index contributed by atoms with van der Waals surface area (Å²) in [5.74, 6) is -1.06. The summed E-state index contributed by atoms with van der Waals surface area (Å²) in [6.07, 6.45) is -5.07. The van der Waals surface area contributed by atoms with Crippen LogP contribution >= 0.6 is 0 Å². The van der Waals surface area contributed by atoms with Gasteiger partial charge in [0.2, 0.25) is 5.72 Å². The molecule has 7 heteroatoms. The van der Waals surface area contributed by atoms with E-state index in [1.807, 2.05) is 0 Å². The first-order chi connectivity index (χ1) is 13.1. The number of carbonyl (C=O) groups excluding carboxylic acids is 1. The fraction of sp³-hybridized carbons (Fsp3) is 0.381. The number of benzene rings is 2. The molecular weight excluding hydrogens is 371 g/mol. The summed E-state index contributed by atoms with van der Waals surface area (Å²) in [7, 11) is 0. The summed E-state index contributed by atoms with van der Waals surface area (Å²) >= 11 is 0. The molecule has 0 radical (unpaired) electrons. The smallest absolute Gasteiger partial charge is 0.432 e. The van der Waals surface area contributed by atoms with Gasteiger partial charge in [0, 0.05) is 6.54 Å². The molecule has 2 saturated heterocycles. The van der Waals surface area contributed by atoms with E-state index in [1.165, 1.54) is 0 Å². The molecule has 2 aromatic rings. The van der Waals surface area contributed by atoms with Crippen molar-refractivity contribution < 1.29 is 27.8 Å². The first-order valence-electron chi connectivity index (χ1n) is 8.99. The molecule has 0 aromatic heterocycles. The van der Waals surface area contributed by atoms with E-state index in [0.717, 1.165) is 11.8 Å². The number of hydrogen-bond acceptors (Lipinski definition) is 4. The second-order valence-electron chi connectivity index (χ2n) is 7.58. The molecule has 0 unspecified atom stereocenters. The zero-order valence-electron chi connectivity index (χ0n) is 15.4. The van der Waals surface area contributed by atoms with Crippen molar-refractivity contribution in [1.82, 2.24) is 4.90 Å². The molecule has 0 saturated carbocycles. The molecule has 0 bridgehead atoms. The van der Waals surface area contributed by atoms with Crippen LogP contribution in [0.5, 0.6) is 0 Å².